The molecule has 10 heteroatoms. The molecule has 1 aromatic heterocycles. The SMILES string of the molecule is CCCCC(C)(C)c1ccc(CNC(c2cccc(N(CC(=O)O)C(=O)OC(C)(C)C)n2)S(=O)(=O)c2ccccc2)cc1. The summed E-state index contributed by atoms with van der Waals surface area (Å²) in [6.07, 6.45) is 2.43. The van der Waals surface area contributed by atoms with Crippen LogP contribution in [0.5, 0.6) is 0 Å². The molecule has 2 aromatic carbocycles. The number of unbranched alkanes of at least 4 members (excludes halogenated alkanes) is 1. The van der Waals surface area contributed by atoms with Gasteiger partial charge in [-0.3, -0.25) is 15.0 Å². The lowest BCUT2D eigenvalue weighted by Crippen LogP contribution is -2.40. The second-order valence-electron chi connectivity index (χ2n) is 12.2. The summed E-state index contributed by atoms with van der Waals surface area (Å²) >= 11 is 0. The molecule has 0 aliphatic heterocycles. The first-order chi connectivity index (χ1) is 20.1. The Morgan fingerprint density at radius 2 is 1.60 bits per heavy atom. The van der Waals surface area contributed by atoms with Crippen LogP contribution in [-0.2, 0) is 31.3 Å². The maximum Gasteiger partial charge on any atom is 0.416 e. The predicted octanol–water partition coefficient (Wildman–Crippen LogP) is 6.64. The Morgan fingerprint density at radius 3 is 2.19 bits per heavy atom. The van der Waals surface area contributed by atoms with E-state index in [-0.39, 0.29) is 28.4 Å². The molecule has 1 heterocycles. The molecule has 0 spiro atoms. The Morgan fingerprint density at radius 1 is 0.953 bits per heavy atom. The summed E-state index contributed by atoms with van der Waals surface area (Å²) in [5.74, 6) is -1.31. The highest BCUT2D eigenvalue weighted by Crippen LogP contribution is 2.30. The number of nitrogens with zero attached hydrogens (tertiary/aromatic N) is 2. The minimum Gasteiger partial charge on any atom is -0.480 e. The molecule has 1 amide bonds. The van der Waals surface area contributed by atoms with Crippen LogP contribution >= 0.6 is 0 Å². The second kappa shape index (κ2) is 14.1. The molecule has 0 radical (unpaired) electrons. The van der Waals surface area contributed by atoms with E-state index in [1.54, 1.807) is 45.0 Å². The third-order valence-electron chi connectivity index (χ3n) is 6.97. The van der Waals surface area contributed by atoms with E-state index in [9.17, 15) is 23.1 Å². The number of carbonyl (C=O) groups excluding carboxylic acids is 1. The number of anilines is 1. The van der Waals surface area contributed by atoms with Gasteiger partial charge >= 0.3 is 12.1 Å². The number of nitrogens with one attached hydrogen (secondary N) is 1. The largest absolute Gasteiger partial charge is 0.480 e. The van der Waals surface area contributed by atoms with E-state index in [1.165, 1.54) is 29.8 Å². The first-order valence-electron chi connectivity index (χ1n) is 14.4. The molecule has 3 aromatic rings. The van der Waals surface area contributed by atoms with Crippen molar-refractivity contribution in [2.45, 2.75) is 88.6 Å². The topological polar surface area (TPSA) is 126 Å². The van der Waals surface area contributed by atoms with Crippen LogP contribution in [-0.4, -0.2) is 42.7 Å². The van der Waals surface area contributed by atoms with E-state index in [0.717, 1.165) is 29.7 Å². The van der Waals surface area contributed by atoms with Crippen molar-refractivity contribution in [3.05, 3.63) is 89.6 Å². The summed E-state index contributed by atoms with van der Waals surface area (Å²) in [5.41, 5.74) is 1.36. The highest BCUT2D eigenvalue weighted by Gasteiger charge is 2.32. The van der Waals surface area contributed by atoms with Crippen molar-refractivity contribution in [3.63, 3.8) is 0 Å². The molecule has 232 valence electrons. The van der Waals surface area contributed by atoms with Gasteiger partial charge in [-0.05, 0) is 68.0 Å². The molecule has 1 atom stereocenters. The number of ether oxygens (including phenoxy) is 1. The van der Waals surface area contributed by atoms with E-state index < -0.39 is 39.4 Å². The lowest BCUT2D eigenvalue weighted by Gasteiger charge is -2.27. The summed E-state index contributed by atoms with van der Waals surface area (Å²) < 4.78 is 33.2. The van der Waals surface area contributed by atoms with E-state index >= 15 is 0 Å². The molecular formula is C33H43N3O6S. The van der Waals surface area contributed by atoms with Crippen LogP contribution < -0.4 is 10.2 Å². The summed E-state index contributed by atoms with van der Waals surface area (Å²) in [4.78, 5) is 30.0. The number of aromatic nitrogens is 1. The zero-order chi connectivity index (χ0) is 31.8. The molecule has 0 saturated heterocycles. The van der Waals surface area contributed by atoms with Gasteiger partial charge in [0.15, 0.2) is 15.2 Å². The number of carbonyl (C=O) groups is 2. The predicted molar refractivity (Wildman–Crippen MR) is 168 cm³/mol. The van der Waals surface area contributed by atoms with Gasteiger partial charge in [-0.2, -0.15) is 0 Å². The highest BCUT2D eigenvalue weighted by molar-refractivity contribution is 7.91. The first kappa shape index (κ1) is 33.7. The minimum atomic E-state index is -4.01. The standard InChI is InChI=1S/C33H43N3O6S/c1-7-8-21-33(5,6)25-19-17-24(18-20-25)22-34-30(43(40,41)26-13-10-9-11-14-26)27-15-12-16-28(35-27)36(23-29(37)38)31(39)42-32(2,3)4/h9-20,30,34H,7-8,21-23H2,1-6H3,(H,37,38). The molecule has 0 aliphatic carbocycles. The van der Waals surface area contributed by atoms with Gasteiger partial charge in [0.05, 0.1) is 10.6 Å². The van der Waals surface area contributed by atoms with Crippen LogP contribution in [0.1, 0.15) is 83.0 Å². The summed E-state index contributed by atoms with van der Waals surface area (Å²) in [6.45, 7) is 11.1. The molecule has 1 unspecified atom stereocenters. The van der Waals surface area contributed by atoms with Gasteiger partial charge in [0.1, 0.15) is 18.0 Å². The van der Waals surface area contributed by atoms with Crippen LogP contribution in [0.15, 0.2) is 77.7 Å². The Balaban J connectivity index is 1.98. The quantitative estimate of drug-likeness (QED) is 0.221. The minimum absolute atomic E-state index is 0.0292. The van der Waals surface area contributed by atoms with Gasteiger partial charge in [0.25, 0.3) is 0 Å². The zero-order valence-corrected chi connectivity index (χ0v) is 26.6. The molecule has 0 bridgehead atoms. The third-order valence-corrected chi connectivity index (χ3v) is 8.93. The number of rotatable bonds is 13. The summed E-state index contributed by atoms with van der Waals surface area (Å²) in [7, 11) is -4.01. The van der Waals surface area contributed by atoms with Crippen LogP contribution in [0, 0.1) is 0 Å². The Hall–Kier alpha value is -3.76. The summed E-state index contributed by atoms with van der Waals surface area (Å²) in [6, 6.07) is 20.7. The Kier molecular flexibility index (Phi) is 11.1. The van der Waals surface area contributed by atoms with Crippen molar-refractivity contribution in [1.29, 1.82) is 0 Å². The van der Waals surface area contributed by atoms with E-state index in [0.29, 0.717) is 0 Å². The molecule has 43 heavy (non-hydrogen) atoms. The van der Waals surface area contributed by atoms with Crippen molar-refractivity contribution in [2.75, 3.05) is 11.4 Å². The Labute approximate surface area is 255 Å². The smallest absolute Gasteiger partial charge is 0.416 e. The van der Waals surface area contributed by atoms with Crippen LogP contribution in [0.25, 0.3) is 0 Å². The number of sulfone groups is 1. The number of pyridine rings is 1. The summed E-state index contributed by atoms with van der Waals surface area (Å²) in [5, 5.41) is 11.4. The first-order valence-corrected chi connectivity index (χ1v) is 16.0. The molecular weight excluding hydrogens is 566 g/mol. The monoisotopic (exact) mass is 609 g/mol. The molecule has 0 saturated carbocycles. The lowest BCUT2D eigenvalue weighted by atomic mass is 9.80. The third kappa shape index (κ3) is 9.36. The van der Waals surface area contributed by atoms with Gasteiger partial charge in [-0.1, -0.05) is 82.1 Å². The number of amides is 1. The van der Waals surface area contributed by atoms with Crippen molar-refractivity contribution >= 4 is 27.7 Å². The molecule has 0 aliphatic rings. The highest BCUT2D eigenvalue weighted by atomic mass is 32.2. The van der Waals surface area contributed by atoms with Gasteiger partial charge < -0.3 is 9.84 Å². The number of hydrogen-bond acceptors (Lipinski definition) is 7. The normalized spacial score (nSPS) is 12.9. The maximum absolute atomic E-state index is 13.9. The Bertz CT molecular complexity index is 1480. The van der Waals surface area contributed by atoms with Gasteiger partial charge in [0, 0.05) is 6.54 Å². The molecule has 0 fully saturated rings. The van der Waals surface area contributed by atoms with Crippen LogP contribution in [0.4, 0.5) is 10.6 Å². The lowest BCUT2D eigenvalue weighted by molar-refractivity contribution is -0.135. The van der Waals surface area contributed by atoms with E-state index in [4.69, 9.17) is 4.74 Å². The fourth-order valence-electron chi connectivity index (χ4n) is 4.59. The van der Waals surface area contributed by atoms with Crippen molar-refractivity contribution < 1.29 is 27.9 Å². The average Bonchev–Trinajstić information content (AvgIpc) is 2.94. The zero-order valence-electron chi connectivity index (χ0n) is 25.8. The number of hydrogen-bond donors (Lipinski definition) is 2. The van der Waals surface area contributed by atoms with Crippen molar-refractivity contribution in [2.24, 2.45) is 0 Å². The number of aliphatic carboxylic acids is 1. The molecule has 3 rings (SSSR count). The number of benzene rings is 2. The number of carboxylic acid groups (broad SMARTS) is 1. The fourth-order valence-corrected chi connectivity index (χ4v) is 6.15. The molecule has 9 nitrogen and oxygen atoms in total. The van der Waals surface area contributed by atoms with Crippen molar-refractivity contribution in [3.8, 4) is 0 Å². The van der Waals surface area contributed by atoms with E-state index in [1.807, 2.05) is 12.1 Å². The van der Waals surface area contributed by atoms with Gasteiger partial charge in [0.2, 0.25) is 0 Å². The second-order valence-corrected chi connectivity index (χ2v) is 14.2. The fraction of sp³-hybridized carbons (Fsp3) is 0.424. The van der Waals surface area contributed by atoms with Gasteiger partial charge in [-0.15, -0.1) is 0 Å². The maximum atomic E-state index is 13.9. The van der Waals surface area contributed by atoms with Crippen molar-refractivity contribution in [1.82, 2.24) is 10.3 Å². The average molecular weight is 610 g/mol. The number of carboxylic acids is 1. The van der Waals surface area contributed by atoms with Gasteiger partial charge in [-0.25, -0.2) is 18.2 Å². The van der Waals surface area contributed by atoms with E-state index in [2.05, 4.69) is 43.2 Å². The van der Waals surface area contributed by atoms with Crippen LogP contribution in [0.2, 0.25) is 0 Å². The molecule has 2 N–H and O–H groups in total. The van der Waals surface area contributed by atoms with Crippen LogP contribution in [0.3, 0.4) is 0 Å².